The second-order valence-corrected chi connectivity index (χ2v) is 4.05. The van der Waals surface area contributed by atoms with Crippen molar-refractivity contribution in [2.75, 3.05) is 11.4 Å². The maximum atomic E-state index is 13.6. The molecule has 2 aromatic carbocycles. The first-order chi connectivity index (χ1) is 9.13. The molecule has 2 aromatic rings. The molecule has 1 N–H and O–H groups in total. The Bertz CT molecular complexity index is 598. The van der Waals surface area contributed by atoms with Crippen LogP contribution in [0.25, 0.3) is 0 Å². The first-order valence-corrected chi connectivity index (χ1v) is 5.99. The Hall–Kier alpha value is -2.36. The number of benzene rings is 2. The van der Waals surface area contributed by atoms with E-state index in [1.165, 1.54) is 35.2 Å². The summed E-state index contributed by atoms with van der Waals surface area (Å²) in [7, 11) is 0. The van der Waals surface area contributed by atoms with Crippen molar-refractivity contribution in [2.45, 2.75) is 6.92 Å². The number of anilines is 1. The molecule has 0 saturated heterocycles. The molecule has 0 aliphatic rings. The second kappa shape index (κ2) is 5.52. The molecular formula is C15H14FNO2. The number of phenols is 1. The van der Waals surface area contributed by atoms with Gasteiger partial charge in [0.2, 0.25) is 0 Å². The van der Waals surface area contributed by atoms with Gasteiger partial charge in [0.15, 0.2) is 0 Å². The summed E-state index contributed by atoms with van der Waals surface area (Å²) >= 11 is 0. The summed E-state index contributed by atoms with van der Waals surface area (Å²) in [5.74, 6) is -0.908. The summed E-state index contributed by atoms with van der Waals surface area (Å²) in [5.41, 5.74) is 0.559. The van der Waals surface area contributed by atoms with Crippen molar-refractivity contribution < 1.29 is 14.3 Å². The number of hydrogen-bond donors (Lipinski definition) is 1. The van der Waals surface area contributed by atoms with Crippen molar-refractivity contribution in [3.05, 3.63) is 59.9 Å². The summed E-state index contributed by atoms with van der Waals surface area (Å²) in [6.45, 7) is 2.18. The van der Waals surface area contributed by atoms with E-state index in [9.17, 15) is 14.3 Å². The van der Waals surface area contributed by atoms with Crippen molar-refractivity contribution >= 4 is 11.6 Å². The first kappa shape index (κ1) is 13.1. The van der Waals surface area contributed by atoms with Crippen LogP contribution in [-0.2, 0) is 0 Å². The van der Waals surface area contributed by atoms with Crippen LogP contribution in [0, 0.1) is 5.82 Å². The molecule has 0 radical (unpaired) electrons. The molecule has 3 nitrogen and oxygen atoms in total. The molecule has 1 amide bonds. The summed E-state index contributed by atoms with van der Waals surface area (Å²) in [4.78, 5) is 13.7. The number of phenolic OH excluding ortho intramolecular Hbond substituents is 1. The molecule has 19 heavy (non-hydrogen) atoms. The number of rotatable bonds is 3. The van der Waals surface area contributed by atoms with Gasteiger partial charge < -0.3 is 10.0 Å². The van der Waals surface area contributed by atoms with Crippen molar-refractivity contribution in [1.29, 1.82) is 0 Å². The zero-order valence-electron chi connectivity index (χ0n) is 10.5. The van der Waals surface area contributed by atoms with Crippen LogP contribution in [-0.4, -0.2) is 17.6 Å². The maximum Gasteiger partial charge on any atom is 0.261 e. The molecule has 98 valence electrons. The van der Waals surface area contributed by atoms with E-state index in [2.05, 4.69) is 0 Å². The van der Waals surface area contributed by atoms with Gasteiger partial charge in [-0.05, 0) is 31.2 Å². The number of hydrogen-bond acceptors (Lipinski definition) is 2. The number of aromatic hydroxyl groups is 1. The highest BCUT2D eigenvalue weighted by atomic mass is 19.1. The van der Waals surface area contributed by atoms with Crippen molar-refractivity contribution in [3.8, 4) is 5.75 Å². The summed E-state index contributed by atoms with van der Waals surface area (Å²) < 4.78 is 13.6. The predicted molar refractivity (Wildman–Crippen MR) is 71.9 cm³/mol. The highest BCUT2D eigenvalue weighted by molar-refractivity contribution is 6.06. The van der Waals surface area contributed by atoms with E-state index in [0.29, 0.717) is 12.2 Å². The highest BCUT2D eigenvalue weighted by Gasteiger charge is 2.19. The fraction of sp³-hybridized carbons (Fsp3) is 0.133. The highest BCUT2D eigenvalue weighted by Crippen LogP contribution is 2.22. The lowest BCUT2D eigenvalue weighted by atomic mass is 10.1. The van der Waals surface area contributed by atoms with E-state index in [1.807, 2.05) is 0 Å². The van der Waals surface area contributed by atoms with Crippen LogP contribution in [0.1, 0.15) is 17.3 Å². The van der Waals surface area contributed by atoms with Gasteiger partial charge in [-0.2, -0.15) is 0 Å². The minimum absolute atomic E-state index is 0.0210. The molecule has 4 heteroatoms. The lowest BCUT2D eigenvalue weighted by Crippen LogP contribution is -2.31. The van der Waals surface area contributed by atoms with Crippen LogP contribution in [0.5, 0.6) is 5.75 Å². The molecule has 0 saturated carbocycles. The average molecular weight is 259 g/mol. The standard InChI is InChI=1S/C15H14FNO2/c1-2-17(11-6-5-7-12(18)10-11)15(19)13-8-3-4-9-14(13)16/h3-10,18H,2H2,1H3. The van der Waals surface area contributed by atoms with E-state index in [1.54, 1.807) is 25.1 Å². The van der Waals surface area contributed by atoms with Crippen LogP contribution >= 0.6 is 0 Å². The normalized spacial score (nSPS) is 10.2. The lowest BCUT2D eigenvalue weighted by molar-refractivity contribution is 0.0984. The molecule has 0 unspecified atom stereocenters. The molecule has 0 atom stereocenters. The zero-order valence-corrected chi connectivity index (χ0v) is 10.5. The zero-order chi connectivity index (χ0) is 13.8. The molecule has 0 heterocycles. The molecular weight excluding hydrogens is 245 g/mol. The third-order valence-corrected chi connectivity index (χ3v) is 2.81. The molecule has 0 fully saturated rings. The fourth-order valence-electron chi connectivity index (χ4n) is 1.88. The molecule has 0 aliphatic heterocycles. The van der Waals surface area contributed by atoms with Gasteiger partial charge in [0.1, 0.15) is 11.6 Å². The Labute approximate surface area is 110 Å². The van der Waals surface area contributed by atoms with E-state index in [-0.39, 0.29) is 11.3 Å². The van der Waals surface area contributed by atoms with Gasteiger partial charge in [0.25, 0.3) is 5.91 Å². The average Bonchev–Trinajstić information content (AvgIpc) is 2.40. The number of carbonyl (C=O) groups is 1. The molecule has 0 aromatic heterocycles. The van der Waals surface area contributed by atoms with Gasteiger partial charge in [0.05, 0.1) is 5.56 Å². The summed E-state index contributed by atoms with van der Waals surface area (Å²) in [6, 6.07) is 12.2. The van der Waals surface area contributed by atoms with Crippen LogP contribution in [0.15, 0.2) is 48.5 Å². The Balaban J connectivity index is 2.38. The second-order valence-electron chi connectivity index (χ2n) is 4.05. The monoisotopic (exact) mass is 259 g/mol. The lowest BCUT2D eigenvalue weighted by Gasteiger charge is -2.21. The van der Waals surface area contributed by atoms with E-state index in [4.69, 9.17) is 0 Å². The van der Waals surface area contributed by atoms with Gasteiger partial charge in [-0.3, -0.25) is 4.79 Å². The number of halogens is 1. The van der Waals surface area contributed by atoms with Crippen LogP contribution in [0.2, 0.25) is 0 Å². The van der Waals surface area contributed by atoms with Gasteiger partial charge in [0, 0.05) is 18.3 Å². The molecule has 0 aliphatic carbocycles. The minimum atomic E-state index is -0.550. The SMILES string of the molecule is CCN(C(=O)c1ccccc1F)c1cccc(O)c1. The summed E-state index contributed by atoms with van der Waals surface area (Å²) in [5, 5.41) is 9.45. The van der Waals surface area contributed by atoms with E-state index < -0.39 is 11.7 Å². The van der Waals surface area contributed by atoms with Crippen LogP contribution < -0.4 is 4.90 Å². The Morgan fingerprint density at radius 2 is 1.95 bits per heavy atom. The quantitative estimate of drug-likeness (QED) is 0.919. The van der Waals surface area contributed by atoms with Crippen LogP contribution in [0.3, 0.4) is 0 Å². The van der Waals surface area contributed by atoms with Gasteiger partial charge in [-0.1, -0.05) is 18.2 Å². The van der Waals surface area contributed by atoms with Gasteiger partial charge >= 0.3 is 0 Å². The predicted octanol–water partition coefficient (Wildman–Crippen LogP) is 3.20. The van der Waals surface area contributed by atoms with Gasteiger partial charge in [-0.15, -0.1) is 0 Å². The number of nitrogens with zero attached hydrogens (tertiary/aromatic N) is 1. The third-order valence-electron chi connectivity index (χ3n) is 2.81. The van der Waals surface area contributed by atoms with E-state index in [0.717, 1.165) is 0 Å². The molecule has 0 spiro atoms. The Morgan fingerprint density at radius 1 is 1.21 bits per heavy atom. The number of carbonyl (C=O) groups excluding carboxylic acids is 1. The molecule has 2 rings (SSSR count). The van der Waals surface area contributed by atoms with Crippen molar-refractivity contribution in [3.63, 3.8) is 0 Å². The topological polar surface area (TPSA) is 40.5 Å². The molecule has 0 bridgehead atoms. The first-order valence-electron chi connectivity index (χ1n) is 5.99. The number of amides is 1. The smallest absolute Gasteiger partial charge is 0.261 e. The van der Waals surface area contributed by atoms with Crippen molar-refractivity contribution in [1.82, 2.24) is 0 Å². The van der Waals surface area contributed by atoms with Gasteiger partial charge in [-0.25, -0.2) is 4.39 Å². The Kier molecular flexibility index (Phi) is 3.80. The fourth-order valence-corrected chi connectivity index (χ4v) is 1.88. The van der Waals surface area contributed by atoms with E-state index >= 15 is 0 Å². The van der Waals surface area contributed by atoms with Crippen LogP contribution in [0.4, 0.5) is 10.1 Å². The Morgan fingerprint density at radius 3 is 2.58 bits per heavy atom. The summed E-state index contributed by atoms with van der Waals surface area (Å²) in [6.07, 6.45) is 0. The van der Waals surface area contributed by atoms with Crippen molar-refractivity contribution in [2.24, 2.45) is 0 Å². The largest absolute Gasteiger partial charge is 0.508 e. The third kappa shape index (κ3) is 2.73. The maximum absolute atomic E-state index is 13.6. The minimum Gasteiger partial charge on any atom is -0.508 e.